The second kappa shape index (κ2) is 33.8. The summed E-state index contributed by atoms with van der Waals surface area (Å²) in [6.07, 6.45) is 5.63. The lowest BCUT2D eigenvalue weighted by molar-refractivity contribution is -0.142. The normalized spacial score (nSPS) is 16.3. The van der Waals surface area contributed by atoms with Crippen molar-refractivity contribution >= 4 is 59.2 Å². The number of imidazole rings is 1. The van der Waals surface area contributed by atoms with Gasteiger partial charge in [0.05, 0.1) is 25.0 Å². The van der Waals surface area contributed by atoms with Crippen molar-refractivity contribution in [1.82, 2.24) is 52.1 Å². The molecule has 2 heterocycles. The lowest BCUT2D eigenvalue weighted by atomic mass is 10.1. The molecule has 8 amide bonds. The van der Waals surface area contributed by atoms with Crippen molar-refractivity contribution in [1.29, 1.82) is 0 Å². The summed E-state index contributed by atoms with van der Waals surface area (Å²) in [6, 6.07) is -8.75. The number of nitrogens with two attached hydrogens (primary N) is 7. The number of nitrogens with zero attached hydrogens (tertiary/aromatic N) is 3. The first kappa shape index (κ1) is 62.3. The molecular formula is C44H78N18O11. The van der Waals surface area contributed by atoms with Crippen molar-refractivity contribution < 1.29 is 53.4 Å². The molecule has 1 fully saturated rings. The Labute approximate surface area is 423 Å². The molecule has 1 aliphatic rings. The standard InChI is InChI=1S/C44H78N18O11/c1-2-27(57-41(70)35(33(63)21-48)61-36(65)26(49)10-3-5-15-45)37(66)54-23-34(64)56-29(12-7-17-47)42(71)62-19-9-14-32(62)40(69)60-31(20-25-22-52-24-55-25)39(68)58-28(11-4-6-16-46)38(67)59-30(43(72)73)13-8-18-53-44(50)51/h13,22,24,26-29,31-33,35,63H,2-12,14-21,23,45-49H2,1H3,(H,52,55)(H,54,66)(H,56,64)(H,57,70)(H,58,68)(H,59,67)(H,60,69)(H,61,65)(H,72,73)(H4,50,51,53)/b30-13-/t26-,27-,28-,29+,31-,32-,33-,35-/m0/s1. The Morgan fingerprint density at radius 1 is 0.808 bits per heavy atom. The van der Waals surface area contributed by atoms with E-state index in [1.165, 1.54) is 23.5 Å². The number of unbranched alkanes of at least 4 members (excludes halogenated alkanes) is 2. The molecule has 0 unspecified atom stereocenters. The second-order valence-electron chi connectivity index (χ2n) is 17.3. The number of carbonyl (C=O) groups excluding carboxylic acids is 8. The Hall–Kier alpha value is -6.79. The number of carboxylic acids is 1. The topological polar surface area (TPSA) is 505 Å². The van der Waals surface area contributed by atoms with E-state index in [2.05, 4.69) is 52.2 Å². The van der Waals surface area contributed by atoms with Crippen LogP contribution in [0.3, 0.4) is 0 Å². The van der Waals surface area contributed by atoms with Crippen LogP contribution in [0.5, 0.6) is 0 Å². The number of rotatable bonds is 35. The molecule has 8 atom stereocenters. The number of aliphatic hydroxyl groups is 1. The summed E-state index contributed by atoms with van der Waals surface area (Å²) < 4.78 is 0. The van der Waals surface area contributed by atoms with E-state index in [4.69, 9.17) is 40.1 Å². The fourth-order valence-corrected chi connectivity index (χ4v) is 7.55. The fourth-order valence-electron chi connectivity index (χ4n) is 7.55. The number of aromatic nitrogens is 2. The Balaban J connectivity index is 2.22. The molecule has 0 spiro atoms. The Morgan fingerprint density at radius 2 is 1.47 bits per heavy atom. The van der Waals surface area contributed by atoms with Crippen LogP contribution in [0.4, 0.5) is 0 Å². The maximum Gasteiger partial charge on any atom is 0.352 e. The van der Waals surface area contributed by atoms with Gasteiger partial charge in [-0.2, -0.15) is 0 Å². The van der Waals surface area contributed by atoms with E-state index >= 15 is 0 Å². The quantitative estimate of drug-likeness (QED) is 0.0130. The first-order valence-corrected chi connectivity index (χ1v) is 24.4. The Kier molecular flexibility index (Phi) is 28.8. The number of H-pyrrole nitrogens is 1. The van der Waals surface area contributed by atoms with Gasteiger partial charge in [-0.25, -0.2) is 9.78 Å². The summed E-state index contributed by atoms with van der Waals surface area (Å²) in [5.74, 6) is -7.93. The predicted molar refractivity (Wildman–Crippen MR) is 266 cm³/mol. The summed E-state index contributed by atoms with van der Waals surface area (Å²) in [4.78, 5) is 132. The first-order chi connectivity index (χ1) is 34.8. The molecule has 410 valence electrons. The van der Waals surface area contributed by atoms with Crippen LogP contribution < -0.4 is 77.4 Å². The maximum absolute atomic E-state index is 14.2. The molecule has 0 aliphatic carbocycles. The highest BCUT2D eigenvalue weighted by atomic mass is 16.4. The van der Waals surface area contributed by atoms with E-state index in [1.807, 2.05) is 0 Å². The zero-order chi connectivity index (χ0) is 54.5. The summed E-state index contributed by atoms with van der Waals surface area (Å²) in [7, 11) is 0. The van der Waals surface area contributed by atoms with Gasteiger partial charge < -0.3 is 97.5 Å². The van der Waals surface area contributed by atoms with Crippen LogP contribution in [-0.2, 0) is 49.6 Å². The van der Waals surface area contributed by atoms with E-state index in [-0.39, 0.29) is 83.5 Å². The van der Waals surface area contributed by atoms with Crippen LogP contribution in [0, 0.1) is 0 Å². The SMILES string of the molecule is CC[C@H](NC(=O)[C@@H](NC(=O)[C@@H](N)CCCCN)[C@@H](O)CN)C(=O)NCC(=O)N[C@H](CCCN)C(=O)N1CCC[C@H]1C(=O)N[C@@H](Cc1cnc[nH]1)C(=O)N[C@@H](CCCCN)C(=O)N/C(=C\CCN=C(N)N)C(=O)O. The molecule has 0 radical (unpaired) electrons. The molecule has 0 bridgehead atoms. The van der Waals surface area contributed by atoms with Gasteiger partial charge in [0.25, 0.3) is 0 Å². The molecule has 0 aromatic carbocycles. The van der Waals surface area contributed by atoms with Crippen molar-refractivity contribution in [3.63, 3.8) is 0 Å². The maximum atomic E-state index is 14.2. The monoisotopic (exact) mass is 1030 g/mol. The Morgan fingerprint density at radius 3 is 2.07 bits per heavy atom. The third-order valence-corrected chi connectivity index (χ3v) is 11.6. The van der Waals surface area contributed by atoms with E-state index in [1.54, 1.807) is 6.92 Å². The summed E-state index contributed by atoms with van der Waals surface area (Å²) in [5, 5.41) is 37.8. The van der Waals surface area contributed by atoms with Crippen molar-refractivity contribution in [2.24, 2.45) is 45.1 Å². The highest BCUT2D eigenvalue weighted by Crippen LogP contribution is 2.20. The van der Waals surface area contributed by atoms with Crippen LogP contribution in [0.15, 0.2) is 29.3 Å². The highest BCUT2D eigenvalue weighted by molar-refractivity contribution is 5.99. The second-order valence-corrected chi connectivity index (χ2v) is 17.3. The Bertz CT molecular complexity index is 2020. The third-order valence-electron chi connectivity index (χ3n) is 11.6. The van der Waals surface area contributed by atoms with Crippen molar-refractivity contribution in [3.8, 4) is 0 Å². The summed E-state index contributed by atoms with van der Waals surface area (Å²) in [5.41, 5.74) is 39.1. The molecule has 1 aliphatic heterocycles. The smallest absolute Gasteiger partial charge is 0.352 e. The number of hydrogen-bond donors (Lipinski definition) is 17. The average molecular weight is 1040 g/mol. The number of aliphatic carboxylic acids is 1. The minimum atomic E-state index is -1.56. The molecule has 2 rings (SSSR count). The summed E-state index contributed by atoms with van der Waals surface area (Å²) >= 11 is 0. The lowest BCUT2D eigenvalue weighted by Crippen LogP contribution is -2.61. The van der Waals surface area contributed by atoms with Gasteiger partial charge in [-0.1, -0.05) is 19.4 Å². The molecule has 29 nitrogen and oxygen atoms in total. The van der Waals surface area contributed by atoms with Gasteiger partial charge in [0.15, 0.2) is 5.96 Å². The lowest BCUT2D eigenvalue weighted by Gasteiger charge is -2.30. The number of carbonyl (C=O) groups is 9. The molecule has 0 saturated carbocycles. The van der Waals surface area contributed by atoms with Gasteiger partial charge in [0.1, 0.15) is 41.9 Å². The van der Waals surface area contributed by atoms with Gasteiger partial charge >= 0.3 is 5.97 Å². The van der Waals surface area contributed by atoms with Crippen LogP contribution in [-0.4, -0.2) is 178 Å². The average Bonchev–Trinajstić information content (AvgIpc) is 4.08. The zero-order valence-electron chi connectivity index (χ0n) is 41.4. The number of aliphatic imine (C=N–C) groups is 1. The number of guanidine groups is 1. The van der Waals surface area contributed by atoms with Gasteiger partial charge in [0.2, 0.25) is 47.3 Å². The fraction of sp³-hybridized carbons (Fsp3) is 0.659. The number of hydrogen-bond acceptors (Lipinski definition) is 17. The molecule has 1 saturated heterocycles. The highest BCUT2D eigenvalue weighted by Gasteiger charge is 2.40. The van der Waals surface area contributed by atoms with Crippen LogP contribution in [0.25, 0.3) is 0 Å². The van der Waals surface area contributed by atoms with Crippen LogP contribution >= 0.6 is 0 Å². The van der Waals surface area contributed by atoms with Crippen molar-refractivity contribution in [2.75, 3.05) is 45.8 Å². The largest absolute Gasteiger partial charge is 0.477 e. The van der Waals surface area contributed by atoms with Crippen molar-refractivity contribution in [3.05, 3.63) is 30.0 Å². The van der Waals surface area contributed by atoms with Crippen LogP contribution in [0.1, 0.15) is 89.7 Å². The number of aromatic amines is 1. The minimum Gasteiger partial charge on any atom is -0.477 e. The number of likely N-dealkylation sites (tertiary alicyclic amines) is 1. The molecule has 1 aromatic heterocycles. The molecular weight excluding hydrogens is 957 g/mol. The minimum absolute atomic E-state index is 0.0250. The molecule has 1 aromatic rings. The number of carboxylic acid groups (broad SMARTS) is 1. The van der Waals surface area contributed by atoms with Crippen molar-refractivity contribution in [2.45, 2.75) is 139 Å². The van der Waals surface area contributed by atoms with E-state index in [0.29, 0.717) is 44.3 Å². The molecule has 29 heteroatoms. The molecule has 73 heavy (non-hydrogen) atoms. The molecule has 24 N–H and O–H groups in total. The van der Waals surface area contributed by atoms with Gasteiger partial charge in [-0.05, 0) is 90.3 Å². The zero-order valence-corrected chi connectivity index (χ0v) is 41.4. The van der Waals surface area contributed by atoms with Gasteiger partial charge in [-0.15, -0.1) is 0 Å². The third kappa shape index (κ3) is 22.3. The number of amides is 8. The number of aliphatic hydroxyl groups excluding tert-OH is 1. The van der Waals surface area contributed by atoms with E-state index < -0.39 is 120 Å². The summed E-state index contributed by atoms with van der Waals surface area (Å²) in [6.45, 7) is 1.47. The van der Waals surface area contributed by atoms with Crippen LogP contribution in [0.2, 0.25) is 0 Å². The predicted octanol–water partition coefficient (Wildman–Crippen LogP) is -6.71. The van der Waals surface area contributed by atoms with Gasteiger partial charge in [-0.3, -0.25) is 43.3 Å². The van der Waals surface area contributed by atoms with E-state index in [9.17, 15) is 53.4 Å². The van der Waals surface area contributed by atoms with E-state index in [0.717, 1.165) is 0 Å². The van der Waals surface area contributed by atoms with Gasteiger partial charge in [0, 0.05) is 37.9 Å². The number of nitrogens with one attached hydrogen (secondary N) is 8. The first-order valence-electron chi connectivity index (χ1n) is 24.4.